The van der Waals surface area contributed by atoms with E-state index in [0.29, 0.717) is 12.0 Å². The Kier molecular flexibility index (Phi) is 3.62. The number of aldehydes is 1. The van der Waals surface area contributed by atoms with Gasteiger partial charge in [0.25, 0.3) is 0 Å². The Bertz CT molecular complexity index is 594. The zero-order chi connectivity index (χ0) is 15.0. The number of hydrogen-bond donors (Lipinski definition) is 0. The third kappa shape index (κ3) is 2.28. The average Bonchev–Trinajstić information content (AvgIpc) is 2.52. The number of nitrogens with zero attached hydrogens (tertiary/aromatic N) is 1. The monoisotopic (exact) mass is 287 g/mol. The number of ether oxygens (including phenoxy) is 2. The van der Waals surface area contributed by atoms with Crippen molar-refractivity contribution in [3.05, 3.63) is 35.0 Å². The van der Waals surface area contributed by atoms with Crippen molar-refractivity contribution < 1.29 is 14.3 Å². The summed E-state index contributed by atoms with van der Waals surface area (Å²) in [7, 11) is 3.33. The number of hydrogen-bond acceptors (Lipinski definition) is 4. The third-order valence-corrected chi connectivity index (χ3v) is 4.64. The molecule has 2 aliphatic heterocycles. The van der Waals surface area contributed by atoms with Crippen LogP contribution in [0, 0.1) is 5.92 Å². The molecule has 0 saturated heterocycles. The molecule has 0 saturated carbocycles. The molecule has 4 heteroatoms. The number of benzene rings is 1. The van der Waals surface area contributed by atoms with E-state index < -0.39 is 0 Å². The van der Waals surface area contributed by atoms with Crippen molar-refractivity contribution in [1.29, 1.82) is 0 Å². The van der Waals surface area contributed by atoms with E-state index in [0.717, 1.165) is 42.7 Å². The molecule has 0 fully saturated rings. The normalized spacial score (nSPS) is 23.8. The van der Waals surface area contributed by atoms with Gasteiger partial charge in [-0.2, -0.15) is 0 Å². The summed E-state index contributed by atoms with van der Waals surface area (Å²) in [4.78, 5) is 13.4. The Labute approximate surface area is 125 Å². The molecule has 0 aliphatic carbocycles. The van der Waals surface area contributed by atoms with Gasteiger partial charge in [0.15, 0.2) is 11.5 Å². The van der Waals surface area contributed by atoms with Crippen LogP contribution in [0.2, 0.25) is 0 Å². The second-order valence-electron chi connectivity index (χ2n) is 5.79. The number of carbonyl (C=O) groups excluding carboxylic acids is 1. The number of carbonyl (C=O) groups is 1. The van der Waals surface area contributed by atoms with Gasteiger partial charge in [0, 0.05) is 18.3 Å². The van der Waals surface area contributed by atoms with Gasteiger partial charge in [-0.05, 0) is 42.0 Å². The van der Waals surface area contributed by atoms with E-state index in [2.05, 4.69) is 24.0 Å². The van der Waals surface area contributed by atoms with Gasteiger partial charge in [-0.25, -0.2) is 0 Å². The zero-order valence-corrected chi connectivity index (χ0v) is 12.8. The molecule has 0 N–H and O–H groups in total. The maximum absolute atomic E-state index is 11.1. The second kappa shape index (κ2) is 5.43. The van der Waals surface area contributed by atoms with Gasteiger partial charge in [0.05, 0.1) is 20.3 Å². The highest BCUT2D eigenvalue weighted by atomic mass is 16.5. The highest BCUT2D eigenvalue weighted by Crippen LogP contribution is 2.43. The van der Waals surface area contributed by atoms with Crippen LogP contribution in [-0.2, 0) is 11.2 Å². The topological polar surface area (TPSA) is 38.8 Å². The van der Waals surface area contributed by atoms with Crippen LogP contribution >= 0.6 is 0 Å². The minimum Gasteiger partial charge on any atom is -0.493 e. The van der Waals surface area contributed by atoms with Crippen LogP contribution in [0.3, 0.4) is 0 Å². The Balaban J connectivity index is 2.03. The van der Waals surface area contributed by atoms with Gasteiger partial charge >= 0.3 is 0 Å². The molecule has 0 radical (unpaired) electrons. The zero-order valence-electron chi connectivity index (χ0n) is 12.8. The molecule has 1 aromatic carbocycles. The van der Waals surface area contributed by atoms with Gasteiger partial charge in [-0.3, -0.25) is 4.79 Å². The summed E-state index contributed by atoms with van der Waals surface area (Å²) in [5, 5.41) is 0. The SMILES string of the molecule is COc1cc2c(cc1OC)[C@@H]1C[C@@H](C)C(C=O)=CN1CC2. The summed E-state index contributed by atoms with van der Waals surface area (Å²) in [5.74, 6) is 1.86. The van der Waals surface area contributed by atoms with Gasteiger partial charge in [0.2, 0.25) is 0 Å². The van der Waals surface area contributed by atoms with Crippen molar-refractivity contribution in [3.8, 4) is 11.5 Å². The molecule has 0 spiro atoms. The largest absolute Gasteiger partial charge is 0.493 e. The van der Waals surface area contributed by atoms with E-state index in [4.69, 9.17) is 9.47 Å². The maximum atomic E-state index is 11.1. The second-order valence-corrected chi connectivity index (χ2v) is 5.79. The molecule has 0 bridgehead atoms. The lowest BCUT2D eigenvalue weighted by atomic mass is 9.82. The fraction of sp³-hybridized carbons (Fsp3) is 0.471. The quantitative estimate of drug-likeness (QED) is 0.801. The summed E-state index contributed by atoms with van der Waals surface area (Å²) in [6.07, 6.45) is 4.95. The minimum absolute atomic E-state index is 0.294. The molecular weight excluding hydrogens is 266 g/mol. The highest BCUT2D eigenvalue weighted by molar-refractivity contribution is 5.74. The fourth-order valence-electron chi connectivity index (χ4n) is 3.40. The highest BCUT2D eigenvalue weighted by Gasteiger charge is 2.32. The molecule has 1 aromatic rings. The van der Waals surface area contributed by atoms with Crippen molar-refractivity contribution in [3.63, 3.8) is 0 Å². The number of fused-ring (bicyclic) bond motifs is 3. The Morgan fingerprint density at radius 2 is 1.95 bits per heavy atom. The summed E-state index contributed by atoms with van der Waals surface area (Å²) < 4.78 is 10.8. The lowest BCUT2D eigenvalue weighted by Crippen LogP contribution is -2.36. The Hall–Kier alpha value is -1.97. The first-order valence-electron chi connectivity index (χ1n) is 7.35. The van der Waals surface area contributed by atoms with Gasteiger partial charge in [-0.15, -0.1) is 0 Å². The van der Waals surface area contributed by atoms with Crippen molar-refractivity contribution in [2.45, 2.75) is 25.8 Å². The summed E-state index contributed by atoms with van der Waals surface area (Å²) in [6, 6.07) is 4.51. The first-order chi connectivity index (χ1) is 10.2. The molecule has 2 atom stereocenters. The van der Waals surface area contributed by atoms with Crippen molar-refractivity contribution in [2.75, 3.05) is 20.8 Å². The van der Waals surface area contributed by atoms with Crippen molar-refractivity contribution in [1.82, 2.24) is 4.90 Å². The van der Waals surface area contributed by atoms with E-state index >= 15 is 0 Å². The standard InChI is InChI=1S/C17H21NO3/c1-11-6-15-14-8-17(21-3)16(20-2)7-12(14)4-5-18(15)9-13(11)10-19/h7-11,15H,4-6H2,1-3H3/t11-,15+/m1/s1. The molecule has 0 unspecified atom stereocenters. The lowest BCUT2D eigenvalue weighted by Gasteiger charge is -2.42. The molecule has 2 aliphatic rings. The molecule has 3 rings (SSSR count). The molecular formula is C17H21NO3. The smallest absolute Gasteiger partial charge is 0.161 e. The molecule has 4 nitrogen and oxygen atoms in total. The van der Waals surface area contributed by atoms with E-state index in [-0.39, 0.29) is 0 Å². The number of methoxy groups -OCH3 is 2. The Morgan fingerprint density at radius 1 is 1.24 bits per heavy atom. The Morgan fingerprint density at radius 3 is 2.62 bits per heavy atom. The molecule has 21 heavy (non-hydrogen) atoms. The van der Waals surface area contributed by atoms with Crippen LogP contribution < -0.4 is 9.47 Å². The summed E-state index contributed by atoms with van der Waals surface area (Å²) in [5.41, 5.74) is 3.52. The predicted octanol–water partition coefficient (Wildman–Crippen LogP) is 2.73. The van der Waals surface area contributed by atoms with E-state index in [1.54, 1.807) is 14.2 Å². The summed E-state index contributed by atoms with van der Waals surface area (Å²) >= 11 is 0. The first-order valence-corrected chi connectivity index (χ1v) is 7.35. The lowest BCUT2D eigenvalue weighted by molar-refractivity contribution is -0.105. The first kappa shape index (κ1) is 14.0. The van der Waals surface area contributed by atoms with Crippen LogP contribution in [0.25, 0.3) is 0 Å². The van der Waals surface area contributed by atoms with Crippen LogP contribution in [0.4, 0.5) is 0 Å². The number of allylic oxidation sites excluding steroid dienone is 1. The predicted molar refractivity (Wildman–Crippen MR) is 80.6 cm³/mol. The molecule has 0 amide bonds. The fourth-order valence-corrected chi connectivity index (χ4v) is 3.40. The van der Waals surface area contributed by atoms with Crippen LogP contribution in [-0.4, -0.2) is 32.0 Å². The van der Waals surface area contributed by atoms with Crippen LogP contribution in [0.15, 0.2) is 23.9 Å². The van der Waals surface area contributed by atoms with Crippen LogP contribution in [0.1, 0.15) is 30.5 Å². The molecule has 0 aromatic heterocycles. The van der Waals surface area contributed by atoms with E-state index in [9.17, 15) is 4.79 Å². The van der Waals surface area contributed by atoms with Gasteiger partial charge < -0.3 is 14.4 Å². The van der Waals surface area contributed by atoms with E-state index in [1.807, 2.05) is 6.20 Å². The minimum atomic E-state index is 0.294. The summed E-state index contributed by atoms with van der Waals surface area (Å²) in [6.45, 7) is 3.06. The number of rotatable bonds is 3. The van der Waals surface area contributed by atoms with Gasteiger partial charge in [-0.1, -0.05) is 6.92 Å². The average molecular weight is 287 g/mol. The van der Waals surface area contributed by atoms with Gasteiger partial charge in [0.1, 0.15) is 6.29 Å². The third-order valence-electron chi connectivity index (χ3n) is 4.64. The van der Waals surface area contributed by atoms with E-state index in [1.165, 1.54) is 11.1 Å². The molecule has 2 heterocycles. The van der Waals surface area contributed by atoms with Crippen LogP contribution in [0.5, 0.6) is 11.5 Å². The van der Waals surface area contributed by atoms with Crippen molar-refractivity contribution in [2.24, 2.45) is 5.92 Å². The molecule has 112 valence electrons. The maximum Gasteiger partial charge on any atom is 0.161 e. The van der Waals surface area contributed by atoms with Crippen molar-refractivity contribution >= 4 is 6.29 Å².